The molecule has 7 nitrogen and oxygen atoms in total. The number of carbonyl (C=O) groups excluding carboxylic acids is 2. The molecule has 1 heterocycles. The summed E-state index contributed by atoms with van der Waals surface area (Å²) in [5.74, 6) is -1.82. The van der Waals surface area contributed by atoms with Crippen LogP contribution in [0.2, 0.25) is 0 Å². The highest BCUT2D eigenvalue weighted by Crippen LogP contribution is 2.27. The molecule has 0 aromatic heterocycles. The second-order valence-electron chi connectivity index (χ2n) is 5.56. The van der Waals surface area contributed by atoms with Gasteiger partial charge in [-0.05, 0) is 24.6 Å². The van der Waals surface area contributed by atoms with Crippen LogP contribution in [0.3, 0.4) is 0 Å². The highest BCUT2D eigenvalue weighted by Gasteiger charge is 2.35. The minimum atomic E-state index is -1.41. The van der Waals surface area contributed by atoms with Crippen molar-refractivity contribution in [3.05, 3.63) is 24.0 Å². The van der Waals surface area contributed by atoms with Crippen molar-refractivity contribution < 1.29 is 23.9 Å². The number of nitrogens with zero attached hydrogens (tertiary/aromatic N) is 1. The van der Waals surface area contributed by atoms with E-state index in [-0.39, 0.29) is 29.6 Å². The van der Waals surface area contributed by atoms with Gasteiger partial charge in [0.05, 0.1) is 5.69 Å². The van der Waals surface area contributed by atoms with Crippen molar-refractivity contribution >= 4 is 29.3 Å². The molecule has 8 heteroatoms. The van der Waals surface area contributed by atoms with E-state index in [0.717, 1.165) is 6.07 Å². The second-order valence-corrected chi connectivity index (χ2v) is 5.56. The summed E-state index contributed by atoms with van der Waals surface area (Å²) in [4.78, 5) is 35.5. The van der Waals surface area contributed by atoms with E-state index in [1.54, 1.807) is 13.8 Å². The molecule has 1 fully saturated rings. The van der Waals surface area contributed by atoms with Crippen LogP contribution in [0.4, 0.5) is 20.6 Å². The zero-order valence-corrected chi connectivity index (χ0v) is 12.8. The van der Waals surface area contributed by atoms with Crippen LogP contribution in [-0.2, 0) is 9.59 Å². The Morgan fingerprint density at radius 2 is 2.13 bits per heavy atom. The van der Waals surface area contributed by atoms with Crippen LogP contribution in [0.25, 0.3) is 0 Å². The van der Waals surface area contributed by atoms with Gasteiger partial charge in [-0.15, -0.1) is 0 Å². The fraction of sp³-hybridized carbons (Fsp3) is 0.400. The predicted molar refractivity (Wildman–Crippen MR) is 81.8 cm³/mol. The summed E-state index contributed by atoms with van der Waals surface area (Å²) in [5, 5.41) is 14.4. The highest BCUT2D eigenvalue weighted by atomic mass is 19.1. The van der Waals surface area contributed by atoms with Crippen molar-refractivity contribution in [3.63, 3.8) is 0 Å². The first kappa shape index (κ1) is 16.7. The molecule has 3 amide bonds. The zero-order valence-electron chi connectivity index (χ0n) is 12.8. The molecule has 2 rings (SSSR count). The summed E-state index contributed by atoms with van der Waals surface area (Å²) >= 11 is 0. The van der Waals surface area contributed by atoms with Crippen molar-refractivity contribution in [1.29, 1.82) is 0 Å². The summed E-state index contributed by atoms with van der Waals surface area (Å²) in [7, 11) is 0. The number of hydrogen-bond acceptors (Lipinski definition) is 3. The molecule has 0 bridgehead atoms. The number of benzene rings is 1. The average molecular weight is 323 g/mol. The van der Waals surface area contributed by atoms with Crippen LogP contribution in [0.5, 0.6) is 0 Å². The van der Waals surface area contributed by atoms with Crippen LogP contribution in [0.15, 0.2) is 18.2 Å². The van der Waals surface area contributed by atoms with E-state index >= 15 is 0 Å². The minimum Gasteiger partial charge on any atom is -0.465 e. The lowest BCUT2D eigenvalue weighted by molar-refractivity contribution is -0.120. The smallest absolute Gasteiger partial charge is 0.412 e. The summed E-state index contributed by atoms with van der Waals surface area (Å²) in [5.41, 5.74) is 0.00765. The number of anilines is 2. The molecular formula is C15H18FN3O4. The normalized spacial score (nSPS) is 17.0. The summed E-state index contributed by atoms with van der Waals surface area (Å²) in [6.45, 7) is 3.74. The summed E-state index contributed by atoms with van der Waals surface area (Å²) in [6.07, 6.45) is -1.14. The fourth-order valence-electron chi connectivity index (χ4n) is 2.30. The number of carboxylic acid groups (broad SMARTS) is 1. The van der Waals surface area contributed by atoms with Crippen LogP contribution in [0, 0.1) is 11.7 Å². The maximum absolute atomic E-state index is 14.3. The molecule has 124 valence electrons. The largest absolute Gasteiger partial charge is 0.465 e. The molecule has 1 aliphatic rings. The van der Waals surface area contributed by atoms with Crippen LogP contribution in [0.1, 0.15) is 20.3 Å². The molecule has 1 saturated heterocycles. The maximum atomic E-state index is 14.3. The molecule has 3 N–H and O–H groups in total. The number of amides is 3. The van der Waals surface area contributed by atoms with Crippen molar-refractivity contribution in [2.75, 3.05) is 16.8 Å². The quantitative estimate of drug-likeness (QED) is 0.786. The Morgan fingerprint density at radius 3 is 2.61 bits per heavy atom. The molecule has 0 saturated carbocycles. The van der Waals surface area contributed by atoms with E-state index < -0.39 is 23.9 Å². The van der Waals surface area contributed by atoms with Crippen LogP contribution >= 0.6 is 0 Å². The number of rotatable bonds is 4. The van der Waals surface area contributed by atoms with Gasteiger partial charge >= 0.3 is 6.09 Å². The zero-order chi connectivity index (χ0) is 17.1. The molecule has 1 atom stereocenters. The first-order chi connectivity index (χ1) is 10.8. The summed E-state index contributed by atoms with van der Waals surface area (Å²) in [6, 6.07) is 2.73. The first-order valence-corrected chi connectivity index (χ1v) is 7.21. The fourth-order valence-corrected chi connectivity index (χ4v) is 2.30. The van der Waals surface area contributed by atoms with Gasteiger partial charge in [0, 0.05) is 18.2 Å². The van der Waals surface area contributed by atoms with Crippen LogP contribution in [-0.4, -0.2) is 35.6 Å². The molecule has 1 aromatic carbocycles. The summed E-state index contributed by atoms with van der Waals surface area (Å²) < 4.78 is 14.3. The third-order valence-electron chi connectivity index (χ3n) is 3.54. The van der Waals surface area contributed by atoms with Gasteiger partial charge in [-0.25, -0.2) is 9.18 Å². The Bertz CT molecular complexity index is 648. The SMILES string of the molecule is CC(C)C(=O)Nc1ccc(N(C(=O)O)[C@H]2CCNC2=O)c(F)c1. The average Bonchev–Trinajstić information content (AvgIpc) is 2.87. The van der Waals surface area contributed by atoms with Gasteiger partial charge in [-0.2, -0.15) is 0 Å². The van der Waals surface area contributed by atoms with E-state index in [9.17, 15) is 23.9 Å². The lowest BCUT2D eigenvalue weighted by Crippen LogP contribution is -2.44. The number of carbonyl (C=O) groups is 3. The minimum absolute atomic E-state index is 0.220. The lowest BCUT2D eigenvalue weighted by atomic mass is 10.1. The Morgan fingerprint density at radius 1 is 1.43 bits per heavy atom. The van der Waals surface area contributed by atoms with E-state index in [1.807, 2.05) is 0 Å². The standard InChI is InChI=1S/C15H18FN3O4/c1-8(2)13(20)18-9-3-4-11(10(16)7-9)19(15(22)23)12-5-6-17-14(12)21/h3-4,7-8,12H,5-6H2,1-2H3,(H,17,21)(H,18,20)(H,22,23)/t12-/m0/s1. The lowest BCUT2D eigenvalue weighted by Gasteiger charge is -2.24. The molecule has 0 radical (unpaired) electrons. The molecule has 0 unspecified atom stereocenters. The molecule has 1 aromatic rings. The predicted octanol–water partition coefficient (Wildman–Crippen LogP) is 1.79. The van der Waals surface area contributed by atoms with E-state index in [2.05, 4.69) is 10.6 Å². The molecule has 0 spiro atoms. The number of nitrogens with one attached hydrogen (secondary N) is 2. The molecule has 1 aliphatic heterocycles. The van der Waals surface area contributed by atoms with Crippen molar-refractivity contribution in [2.24, 2.45) is 5.92 Å². The highest BCUT2D eigenvalue weighted by molar-refractivity contribution is 5.98. The monoisotopic (exact) mass is 323 g/mol. The van der Waals surface area contributed by atoms with E-state index in [4.69, 9.17) is 0 Å². The number of halogens is 1. The van der Waals surface area contributed by atoms with Gasteiger partial charge in [0.2, 0.25) is 11.8 Å². The van der Waals surface area contributed by atoms with E-state index in [1.165, 1.54) is 12.1 Å². The van der Waals surface area contributed by atoms with Gasteiger partial charge < -0.3 is 15.7 Å². The van der Waals surface area contributed by atoms with Crippen molar-refractivity contribution in [3.8, 4) is 0 Å². The van der Waals surface area contributed by atoms with Gasteiger partial charge in [-0.3, -0.25) is 14.5 Å². The van der Waals surface area contributed by atoms with Gasteiger partial charge in [0.1, 0.15) is 11.9 Å². The van der Waals surface area contributed by atoms with Gasteiger partial charge in [0.25, 0.3) is 0 Å². The van der Waals surface area contributed by atoms with Gasteiger partial charge in [0.15, 0.2) is 0 Å². The first-order valence-electron chi connectivity index (χ1n) is 7.21. The number of hydrogen-bond donors (Lipinski definition) is 3. The molecule has 23 heavy (non-hydrogen) atoms. The molecule has 0 aliphatic carbocycles. The topological polar surface area (TPSA) is 98.7 Å². The maximum Gasteiger partial charge on any atom is 0.412 e. The second kappa shape index (κ2) is 6.64. The van der Waals surface area contributed by atoms with Crippen molar-refractivity contribution in [2.45, 2.75) is 26.3 Å². The van der Waals surface area contributed by atoms with Crippen molar-refractivity contribution in [1.82, 2.24) is 5.32 Å². The molecular weight excluding hydrogens is 305 g/mol. The third-order valence-corrected chi connectivity index (χ3v) is 3.54. The van der Waals surface area contributed by atoms with E-state index in [0.29, 0.717) is 11.4 Å². The Kier molecular flexibility index (Phi) is 4.83. The Balaban J connectivity index is 2.29. The Labute approximate surface area is 132 Å². The Hall–Kier alpha value is -2.64. The van der Waals surface area contributed by atoms with Crippen LogP contribution < -0.4 is 15.5 Å². The third kappa shape index (κ3) is 3.58. The van der Waals surface area contributed by atoms with Gasteiger partial charge in [-0.1, -0.05) is 13.8 Å².